The summed E-state index contributed by atoms with van der Waals surface area (Å²) in [5.74, 6) is -2.49. The Morgan fingerprint density at radius 2 is 2.13 bits per heavy atom. The molecule has 82 valence electrons. The number of aliphatic carboxylic acids is 2. The number of nitrogens with zero attached hydrogens (tertiary/aromatic N) is 1. The molecule has 0 bridgehead atoms. The van der Waals surface area contributed by atoms with Gasteiger partial charge in [-0.15, -0.1) is 11.8 Å². The molecule has 2 saturated heterocycles. The van der Waals surface area contributed by atoms with E-state index in [0.717, 1.165) is 16.7 Å². The van der Waals surface area contributed by atoms with Gasteiger partial charge in [0.1, 0.15) is 6.04 Å². The molecule has 0 unspecified atom stereocenters. The van der Waals surface area contributed by atoms with Crippen LogP contribution in [-0.4, -0.2) is 49.6 Å². The monoisotopic (exact) mass is 231 g/mol. The van der Waals surface area contributed by atoms with Crippen LogP contribution in [0.15, 0.2) is 0 Å². The number of carbonyl (C=O) groups excluding carboxylic acids is 1. The second-order valence-corrected chi connectivity index (χ2v) is 4.82. The second-order valence-electron chi connectivity index (χ2n) is 3.52. The third kappa shape index (κ3) is 1.22. The molecular formula is C8H9NO5S. The van der Waals surface area contributed by atoms with Crippen molar-refractivity contribution in [1.29, 1.82) is 0 Å². The fraction of sp³-hybridized carbons (Fsp3) is 0.625. The molecule has 7 heteroatoms. The summed E-state index contributed by atoms with van der Waals surface area (Å²) >= 11 is 1.03. The van der Waals surface area contributed by atoms with Gasteiger partial charge in [-0.25, -0.2) is 9.59 Å². The van der Waals surface area contributed by atoms with E-state index in [1.807, 2.05) is 0 Å². The summed E-state index contributed by atoms with van der Waals surface area (Å²) in [6, 6.07) is -0.999. The molecule has 15 heavy (non-hydrogen) atoms. The molecule has 2 N–H and O–H groups in total. The van der Waals surface area contributed by atoms with Gasteiger partial charge in [0.2, 0.25) is 5.91 Å². The van der Waals surface area contributed by atoms with Gasteiger partial charge in [-0.1, -0.05) is 0 Å². The standard InChI is InChI=1S/C8H9NO5S/c10-5-1-2-8(7(13)14)9(5)4(3-15-8)6(11)12/h4H,1-3H2,(H,11,12)(H,13,14)/t4-,8-/m1/s1. The fourth-order valence-corrected chi connectivity index (χ4v) is 3.49. The molecular weight excluding hydrogens is 222 g/mol. The van der Waals surface area contributed by atoms with Crippen LogP contribution in [0.4, 0.5) is 0 Å². The molecule has 0 aromatic rings. The van der Waals surface area contributed by atoms with Crippen LogP contribution < -0.4 is 0 Å². The van der Waals surface area contributed by atoms with Gasteiger partial charge >= 0.3 is 11.9 Å². The SMILES string of the molecule is O=C(O)[C@H]1CS[C@@]2(C(=O)O)CCC(=O)N12. The molecule has 0 aromatic carbocycles. The molecule has 2 rings (SSSR count). The van der Waals surface area contributed by atoms with Crippen molar-refractivity contribution in [1.82, 2.24) is 4.90 Å². The van der Waals surface area contributed by atoms with Crippen molar-refractivity contribution in [2.75, 3.05) is 5.75 Å². The van der Waals surface area contributed by atoms with Gasteiger partial charge in [0.05, 0.1) is 0 Å². The van der Waals surface area contributed by atoms with Crippen molar-refractivity contribution in [2.24, 2.45) is 0 Å². The maximum atomic E-state index is 11.5. The molecule has 0 saturated carbocycles. The molecule has 0 spiro atoms. The predicted octanol–water partition coefficient (Wildman–Crippen LogP) is -0.410. The first-order valence-electron chi connectivity index (χ1n) is 4.41. The summed E-state index contributed by atoms with van der Waals surface area (Å²) in [5, 5.41) is 18.0. The van der Waals surface area contributed by atoms with E-state index in [4.69, 9.17) is 10.2 Å². The molecule has 0 radical (unpaired) electrons. The Bertz CT molecular complexity index is 357. The first-order chi connectivity index (χ1) is 6.99. The molecule has 2 aliphatic rings. The van der Waals surface area contributed by atoms with Gasteiger partial charge in [0.25, 0.3) is 0 Å². The Morgan fingerprint density at radius 1 is 1.47 bits per heavy atom. The lowest BCUT2D eigenvalue weighted by Gasteiger charge is -2.28. The zero-order valence-electron chi connectivity index (χ0n) is 7.67. The minimum absolute atomic E-state index is 0.114. The van der Waals surface area contributed by atoms with Gasteiger partial charge in [-0.3, -0.25) is 4.79 Å². The van der Waals surface area contributed by atoms with Crippen molar-refractivity contribution in [3.63, 3.8) is 0 Å². The number of carboxylic acid groups (broad SMARTS) is 2. The Balaban J connectivity index is 2.39. The van der Waals surface area contributed by atoms with Gasteiger partial charge in [-0.05, 0) is 6.42 Å². The number of carboxylic acids is 2. The minimum atomic E-state index is -1.33. The lowest BCUT2D eigenvalue weighted by Crippen LogP contribution is -2.51. The molecule has 0 aliphatic carbocycles. The van der Waals surface area contributed by atoms with E-state index in [1.54, 1.807) is 0 Å². The first-order valence-corrected chi connectivity index (χ1v) is 5.40. The number of rotatable bonds is 2. The van der Waals surface area contributed by atoms with Crippen molar-refractivity contribution in [3.8, 4) is 0 Å². The summed E-state index contributed by atoms with van der Waals surface area (Å²) < 4.78 is 0. The van der Waals surface area contributed by atoms with Crippen LogP contribution in [0.3, 0.4) is 0 Å². The zero-order chi connectivity index (χ0) is 11.2. The number of carbonyl (C=O) groups is 3. The highest BCUT2D eigenvalue weighted by Gasteiger charge is 2.60. The van der Waals surface area contributed by atoms with Gasteiger partial charge in [0.15, 0.2) is 4.87 Å². The van der Waals surface area contributed by atoms with Gasteiger partial charge < -0.3 is 15.1 Å². The number of amides is 1. The summed E-state index contributed by atoms with van der Waals surface area (Å²) in [6.07, 6.45) is 0.304. The molecule has 6 nitrogen and oxygen atoms in total. The molecule has 0 aromatic heterocycles. The van der Waals surface area contributed by atoms with Crippen molar-refractivity contribution in [2.45, 2.75) is 23.8 Å². The van der Waals surface area contributed by atoms with E-state index in [2.05, 4.69) is 0 Å². The van der Waals surface area contributed by atoms with E-state index in [1.165, 1.54) is 0 Å². The molecule has 2 atom stereocenters. The Kier molecular flexibility index (Phi) is 2.14. The van der Waals surface area contributed by atoms with E-state index in [-0.39, 0.29) is 24.5 Å². The van der Waals surface area contributed by atoms with Gasteiger partial charge in [0, 0.05) is 12.2 Å². The van der Waals surface area contributed by atoms with Crippen LogP contribution in [0, 0.1) is 0 Å². The largest absolute Gasteiger partial charge is 0.480 e. The van der Waals surface area contributed by atoms with E-state index in [9.17, 15) is 14.4 Å². The fourth-order valence-electron chi connectivity index (χ4n) is 2.03. The highest BCUT2D eigenvalue weighted by Crippen LogP contribution is 2.47. The third-order valence-corrected chi connectivity index (χ3v) is 4.28. The van der Waals surface area contributed by atoms with Crippen LogP contribution in [0.5, 0.6) is 0 Å². The van der Waals surface area contributed by atoms with Crippen LogP contribution >= 0.6 is 11.8 Å². The number of hydrogen-bond acceptors (Lipinski definition) is 4. The van der Waals surface area contributed by atoms with Crippen LogP contribution in [0.25, 0.3) is 0 Å². The van der Waals surface area contributed by atoms with E-state index < -0.39 is 22.9 Å². The maximum Gasteiger partial charge on any atom is 0.340 e. The number of thioether (sulfide) groups is 1. The quantitative estimate of drug-likeness (QED) is 0.670. The van der Waals surface area contributed by atoms with Crippen molar-refractivity contribution in [3.05, 3.63) is 0 Å². The first kappa shape index (κ1) is 10.3. The van der Waals surface area contributed by atoms with Gasteiger partial charge in [-0.2, -0.15) is 0 Å². The Labute approximate surface area is 89.2 Å². The van der Waals surface area contributed by atoms with Crippen molar-refractivity contribution < 1.29 is 24.6 Å². The number of hydrogen-bond donors (Lipinski definition) is 2. The van der Waals surface area contributed by atoms with Crippen LogP contribution in [-0.2, 0) is 14.4 Å². The summed E-state index contributed by atoms with van der Waals surface area (Å²) in [4.78, 5) is 33.1. The predicted molar refractivity (Wildman–Crippen MR) is 50.3 cm³/mol. The highest BCUT2D eigenvalue weighted by molar-refractivity contribution is 8.01. The van der Waals surface area contributed by atoms with E-state index >= 15 is 0 Å². The lowest BCUT2D eigenvalue weighted by atomic mass is 10.2. The summed E-state index contributed by atoms with van der Waals surface area (Å²) in [5.41, 5.74) is 0. The van der Waals surface area contributed by atoms with E-state index in [0.29, 0.717) is 0 Å². The van der Waals surface area contributed by atoms with Crippen LogP contribution in [0.1, 0.15) is 12.8 Å². The van der Waals surface area contributed by atoms with Crippen molar-refractivity contribution >= 4 is 29.6 Å². The topological polar surface area (TPSA) is 94.9 Å². The average molecular weight is 231 g/mol. The van der Waals surface area contributed by atoms with Crippen LogP contribution in [0.2, 0.25) is 0 Å². The molecule has 1 amide bonds. The third-order valence-electron chi connectivity index (χ3n) is 2.75. The smallest absolute Gasteiger partial charge is 0.340 e. The second kappa shape index (κ2) is 3.13. The highest BCUT2D eigenvalue weighted by atomic mass is 32.2. The zero-order valence-corrected chi connectivity index (χ0v) is 8.49. The summed E-state index contributed by atoms with van der Waals surface area (Å²) in [6.45, 7) is 0. The number of fused-ring (bicyclic) bond motifs is 1. The Hall–Kier alpha value is -1.24. The maximum absolute atomic E-state index is 11.5. The average Bonchev–Trinajstić information content (AvgIpc) is 2.66. The Morgan fingerprint density at radius 3 is 2.67 bits per heavy atom. The normalized spacial score (nSPS) is 34.3. The summed E-state index contributed by atoms with van der Waals surface area (Å²) in [7, 11) is 0. The lowest BCUT2D eigenvalue weighted by molar-refractivity contribution is -0.154. The molecule has 2 aliphatic heterocycles. The molecule has 2 heterocycles. The minimum Gasteiger partial charge on any atom is -0.480 e. The molecule has 2 fully saturated rings.